The first-order valence-corrected chi connectivity index (χ1v) is 9.80. The zero-order valence-corrected chi connectivity index (χ0v) is 19.2. The van der Waals surface area contributed by atoms with Gasteiger partial charge in [0.05, 0.1) is 0 Å². The monoisotopic (exact) mass is 494 g/mol. The van der Waals surface area contributed by atoms with Gasteiger partial charge in [-0.25, -0.2) is 9.48 Å². The molecule has 27 heavy (non-hydrogen) atoms. The summed E-state index contributed by atoms with van der Waals surface area (Å²) in [5.74, 6) is 2.29. The van der Waals surface area contributed by atoms with E-state index in [1.165, 1.54) is 0 Å². The first kappa shape index (κ1) is 23.9. The summed E-state index contributed by atoms with van der Waals surface area (Å²) in [6.45, 7) is 8.88. The molecule has 0 unspecified atom stereocenters. The molecule has 0 aromatic carbocycles. The van der Waals surface area contributed by atoms with Gasteiger partial charge >= 0.3 is 5.69 Å². The van der Waals surface area contributed by atoms with Crippen molar-refractivity contribution in [2.75, 3.05) is 33.4 Å². The average molecular weight is 494 g/mol. The van der Waals surface area contributed by atoms with Gasteiger partial charge in [-0.15, -0.1) is 24.0 Å². The molecule has 0 radical (unpaired) electrons. The van der Waals surface area contributed by atoms with Crippen molar-refractivity contribution in [1.82, 2.24) is 25.0 Å². The maximum absolute atomic E-state index is 12.3. The predicted octanol–water partition coefficient (Wildman–Crippen LogP) is 1.62. The van der Waals surface area contributed by atoms with Gasteiger partial charge in [-0.2, -0.15) is 5.10 Å². The molecule has 2 rings (SSSR count). The highest BCUT2D eigenvalue weighted by molar-refractivity contribution is 14.0. The molecular weight excluding hydrogens is 459 g/mol. The van der Waals surface area contributed by atoms with Crippen LogP contribution < -0.4 is 16.3 Å². The molecule has 0 aliphatic carbocycles. The van der Waals surface area contributed by atoms with Crippen LogP contribution in [0.1, 0.15) is 45.4 Å². The largest absolute Gasteiger partial charge is 0.381 e. The summed E-state index contributed by atoms with van der Waals surface area (Å²) >= 11 is 0. The number of nitrogens with zero attached hydrogens (tertiary/aromatic N) is 4. The van der Waals surface area contributed by atoms with E-state index in [4.69, 9.17) is 4.74 Å². The van der Waals surface area contributed by atoms with Crippen LogP contribution >= 0.6 is 24.0 Å². The molecule has 0 amide bonds. The second kappa shape index (κ2) is 13.1. The van der Waals surface area contributed by atoms with Crippen molar-refractivity contribution < 1.29 is 4.74 Å². The van der Waals surface area contributed by atoms with Crippen LogP contribution in [-0.2, 0) is 24.2 Å². The number of halogens is 1. The minimum Gasteiger partial charge on any atom is -0.381 e. The molecule has 0 saturated heterocycles. The van der Waals surface area contributed by atoms with Crippen LogP contribution in [0.15, 0.2) is 9.79 Å². The Labute approximate surface area is 179 Å². The molecule has 1 aliphatic heterocycles. The van der Waals surface area contributed by atoms with Gasteiger partial charge in [0.1, 0.15) is 5.82 Å². The van der Waals surface area contributed by atoms with Crippen molar-refractivity contribution in [1.29, 1.82) is 0 Å². The molecule has 0 atom stereocenters. The van der Waals surface area contributed by atoms with Gasteiger partial charge in [0.25, 0.3) is 0 Å². The topological polar surface area (TPSA) is 85.5 Å². The lowest BCUT2D eigenvalue weighted by atomic mass is 10.2. The van der Waals surface area contributed by atoms with Crippen molar-refractivity contribution in [2.45, 2.75) is 59.0 Å². The van der Waals surface area contributed by atoms with Crippen LogP contribution in [-0.4, -0.2) is 53.7 Å². The van der Waals surface area contributed by atoms with Crippen LogP contribution in [0.4, 0.5) is 0 Å². The third kappa shape index (κ3) is 8.20. The summed E-state index contributed by atoms with van der Waals surface area (Å²) in [5, 5.41) is 11.0. The average Bonchev–Trinajstić information content (AvgIpc) is 2.95. The van der Waals surface area contributed by atoms with Gasteiger partial charge in [0.2, 0.25) is 0 Å². The van der Waals surface area contributed by atoms with E-state index in [0.717, 1.165) is 76.7 Å². The van der Waals surface area contributed by atoms with Crippen LogP contribution in [0.25, 0.3) is 0 Å². The van der Waals surface area contributed by atoms with Crippen LogP contribution in [0.2, 0.25) is 0 Å². The first-order valence-electron chi connectivity index (χ1n) is 9.80. The van der Waals surface area contributed by atoms with E-state index >= 15 is 0 Å². The fraction of sp³-hybridized carbons (Fsp3) is 0.833. The normalized spacial score (nSPS) is 14.0. The number of hydrogen-bond acceptors (Lipinski definition) is 4. The smallest absolute Gasteiger partial charge is 0.345 e. The molecule has 8 nitrogen and oxygen atoms in total. The Kier molecular flexibility index (Phi) is 11.7. The summed E-state index contributed by atoms with van der Waals surface area (Å²) < 4.78 is 8.98. The number of nitrogens with one attached hydrogen (secondary N) is 2. The third-order valence-electron chi connectivity index (χ3n) is 4.30. The molecule has 156 valence electrons. The second-order valence-corrected chi connectivity index (χ2v) is 7.13. The van der Waals surface area contributed by atoms with Crippen molar-refractivity contribution >= 4 is 29.9 Å². The van der Waals surface area contributed by atoms with E-state index in [-0.39, 0.29) is 29.7 Å². The Bertz CT molecular complexity index is 626. The Morgan fingerprint density at radius 2 is 2.00 bits per heavy atom. The molecule has 2 N–H and O–H groups in total. The van der Waals surface area contributed by atoms with Gasteiger partial charge in [-0.3, -0.25) is 9.56 Å². The summed E-state index contributed by atoms with van der Waals surface area (Å²) in [7, 11) is 1.76. The summed E-state index contributed by atoms with van der Waals surface area (Å²) in [4.78, 5) is 16.5. The highest BCUT2D eigenvalue weighted by atomic mass is 127. The zero-order valence-electron chi connectivity index (χ0n) is 16.9. The molecule has 0 saturated carbocycles. The van der Waals surface area contributed by atoms with Crippen LogP contribution in [0.5, 0.6) is 0 Å². The van der Waals surface area contributed by atoms with Crippen molar-refractivity contribution in [2.24, 2.45) is 10.9 Å². The first-order chi connectivity index (χ1) is 12.6. The van der Waals surface area contributed by atoms with E-state index in [1.54, 1.807) is 11.7 Å². The van der Waals surface area contributed by atoms with Crippen molar-refractivity contribution in [3.05, 3.63) is 16.3 Å². The van der Waals surface area contributed by atoms with Crippen molar-refractivity contribution in [3.63, 3.8) is 0 Å². The summed E-state index contributed by atoms with van der Waals surface area (Å²) in [6.07, 6.45) is 4.89. The molecule has 2 heterocycles. The second-order valence-electron chi connectivity index (χ2n) is 7.13. The van der Waals surface area contributed by atoms with E-state index < -0.39 is 0 Å². The Hall–Kier alpha value is -1.10. The van der Waals surface area contributed by atoms with Gasteiger partial charge in [0.15, 0.2) is 5.96 Å². The number of aryl methyl sites for hydroxylation is 2. The molecule has 1 aromatic heterocycles. The zero-order chi connectivity index (χ0) is 18.8. The highest BCUT2D eigenvalue weighted by Crippen LogP contribution is 2.09. The molecule has 9 heteroatoms. The van der Waals surface area contributed by atoms with Gasteiger partial charge in [-0.1, -0.05) is 13.8 Å². The number of hydrogen-bond donors (Lipinski definition) is 2. The predicted molar refractivity (Wildman–Crippen MR) is 119 cm³/mol. The van der Waals surface area contributed by atoms with E-state index in [1.807, 2.05) is 4.57 Å². The Morgan fingerprint density at radius 1 is 1.26 bits per heavy atom. The van der Waals surface area contributed by atoms with Gasteiger partial charge < -0.3 is 15.4 Å². The van der Waals surface area contributed by atoms with Gasteiger partial charge in [-0.05, 0) is 31.6 Å². The SMILES string of the molecule is CN=C(NCCCOCC(C)C)NCCCn1nc2n(c1=O)CCCC2.I. The minimum atomic E-state index is 0. The fourth-order valence-corrected chi connectivity index (χ4v) is 2.95. The molecular formula is C18H35IN6O2. The molecule has 1 aliphatic rings. The summed E-state index contributed by atoms with van der Waals surface area (Å²) in [6, 6.07) is 0. The van der Waals surface area contributed by atoms with Crippen LogP contribution in [0, 0.1) is 5.92 Å². The number of guanidine groups is 1. The number of aromatic nitrogens is 3. The lowest BCUT2D eigenvalue weighted by molar-refractivity contribution is 0.108. The lowest BCUT2D eigenvalue weighted by Crippen LogP contribution is -2.39. The highest BCUT2D eigenvalue weighted by Gasteiger charge is 2.16. The lowest BCUT2D eigenvalue weighted by Gasteiger charge is -2.12. The Balaban J connectivity index is 0.00000364. The van der Waals surface area contributed by atoms with Gasteiger partial charge in [0, 0.05) is 52.9 Å². The number of fused-ring (bicyclic) bond motifs is 1. The molecule has 0 bridgehead atoms. The molecule has 1 aromatic rings. The number of aliphatic imine (C=N–C) groups is 1. The maximum Gasteiger partial charge on any atom is 0.345 e. The molecule has 0 spiro atoms. The Morgan fingerprint density at radius 3 is 2.67 bits per heavy atom. The third-order valence-corrected chi connectivity index (χ3v) is 4.30. The van der Waals surface area contributed by atoms with E-state index in [9.17, 15) is 4.79 Å². The fourth-order valence-electron chi connectivity index (χ4n) is 2.95. The van der Waals surface area contributed by atoms with E-state index in [2.05, 4.69) is 34.6 Å². The maximum atomic E-state index is 12.3. The van der Waals surface area contributed by atoms with E-state index in [0.29, 0.717) is 12.5 Å². The quantitative estimate of drug-likeness (QED) is 0.224. The summed E-state index contributed by atoms with van der Waals surface area (Å²) in [5.41, 5.74) is 0.0311. The molecule has 0 fully saturated rings. The number of rotatable bonds is 10. The standard InChI is InChI=1S/C18H34N6O2.HI/c1-15(2)14-26-13-7-10-21-17(19-3)20-9-6-12-24-18(25)23-11-5-4-8-16(23)22-24;/h15H,4-14H2,1-3H3,(H2,19,20,21);1H. The number of ether oxygens (including phenoxy) is 1. The van der Waals surface area contributed by atoms with Crippen molar-refractivity contribution in [3.8, 4) is 0 Å². The van der Waals surface area contributed by atoms with Crippen LogP contribution in [0.3, 0.4) is 0 Å². The minimum absolute atomic E-state index is 0.